The molecule has 0 radical (unpaired) electrons. The third-order valence-electron chi connectivity index (χ3n) is 4.47. The van der Waals surface area contributed by atoms with Gasteiger partial charge in [0.1, 0.15) is 23.0 Å². The maximum absolute atomic E-state index is 5.93. The van der Waals surface area contributed by atoms with Gasteiger partial charge in [-0.3, -0.25) is 0 Å². The van der Waals surface area contributed by atoms with Crippen molar-refractivity contribution in [1.29, 1.82) is 0 Å². The monoisotopic (exact) mass is 462 g/mol. The highest BCUT2D eigenvalue weighted by atomic mass is 32.2. The molecule has 2 nitrogen and oxygen atoms in total. The summed E-state index contributed by atoms with van der Waals surface area (Å²) < 4.78 is 11.9. The number of hydrogen-bond acceptors (Lipinski definition) is 5. The molecule has 0 bridgehead atoms. The molecular weight excluding hydrogens is 440 g/mol. The summed E-state index contributed by atoms with van der Waals surface area (Å²) in [7, 11) is 0. The highest BCUT2D eigenvalue weighted by Gasteiger charge is 2.03. The Labute approximate surface area is 196 Å². The lowest BCUT2D eigenvalue weighted by molar-refractivity contribution is 0.481. The second-order valence-electron chi connectivity index (χ2n) is 6.60. The number of hydrogen-bond donors (Lipinski definition) is 0. The normalized spacial score (nSPS) is 10.6. The molecule has 0 N–H and O–H groups in total. The molecule has 31 heavy (non-hydrogen) atoms. The molecule has 0 aliphatic rings. The van der Waals surface area contributed by atoms with Crippen LogP contribution in [0.5, 0.6) is 23.0 Å². The van der Waals surface area contributed by atoms with Crippen LogP contribution in [0.3, 0.4) is 0 Å². The lowest BCUT2D eigenvalue weighted by Crippen LogP contribution is -1.85. The zero-order valence-electron chi connectivity index (χ0n) is 17.3. The molecule has 0 amide bonds. The van der Waals surface area contributed by atoms with Gasteiger partial charge in [0.15, 0.2) is 0 Å². The average Bonchev–Trinajstić information content (AvgIpc) is 2.82. The number of benzene rings is 4. The highest BCUT2D eigenvalue weighted by Crippen LogP contribution is 2.32. The first-order valence-electron chi connectivity index (χ1n) is 9.73. The molecule has 0 aromatic heterocycles. The van der Waals surface area contributed by atoms with Gasteiger partial charge < -0.3 is 9.47 Å². The Morgan fingerprint density at radius 3 is 0.903 bits per heavy atom. The molecule has 0 aliphatic heterocycles. The highest BCUT2D eigenvalue weighted by molar-refractivity contribution is 7.99. The molecule has 4 rings (SSSR count). The summed E-state index contributed by atoms with van der Waals surface area (Å²) >= 11 is 5.15. The Bertz CT molecular complexity index is 1000. The van der Waals surface area contributed by atoms with E-state index >= 15 is 0 Å². The Morgan fingerprint density at radius 1 is 0.387 bits per heavy atom. The summed E-state index contributed by atoms with van der Waals surface area (Å²) in [5.74, 6) is 3.35. The largest absolute Gasteiger partial charge is 0.457 e. The maximum Gasteiger partial charge on any atom is 0.127 e. The van der Waals surface area contributed by atoms with Crippen molar-refractivity contribution in [3.63, 3.8) is 0 Å². The van der Waals surface area contributed by atoms with Crippen LogP contribution >= 0.6 is 35.3 Å². The van der Waals surface area contributed by atoms with Gasteiger partial charge in [0.2, 0.25) is 0 Å². The van der Waals surface area contributed by atoms with Gasteiger partial charge in [-0.2, -0.15) is 0 Å². The number of ether oxygens (including phenoxy) is 2. The second-order valence-corrected chi connectivity index (χ2v) is 9.51. The molecule has 0 heterocycles. The van der Waals surface area contributed by atoms with Crippen molar-refractivity contribution in [2.45, 2.75) is 19.6 Å². The maximum atomic E-state index is 5.93. The predicted octanol–water partition coefficient (Wildman–Crippen LogP) is 8.87. The van der Waals surface area contributed by atoms with Gasteiger partial charge >= 0.3 is 0 Å². The standard InChI is InChI=1S/C26H22O2S3/c1-29-23-11-3-19(4-12-23)27-21-7-15-25(16-8-21)31-26-17-9-22(10-18-26)28-20-5-13-24(30-2)14-6-20/h3-18H,1-2H3. The van der Waals surface area contributed by atoms with Crippen LogP contribution in [-0.4, -0.2) is 12.5 Å². The molecule has 0 atom stereocenters. The molecule has 0 fully saturated rings. The SMILES string of the molecule is CSc1ccc(Oc2ccc(Sc3ccc(Oc4ccc(SC)cc4)cc3)cc2)cc1. The Balaban J connectivity index is 1.34. The van der Waals surface area contributed by atoms with E-state index in [0.717, 1.165) is 32.8 Å². The van der Waals surface area contributed by atoms with Gasteiger partial charge in [0.05, 0.1) is 0 Å². The fourth-order valence-electron chi connectivity index (χ4n) is 2.85. The smallest absolute Gasteiger partial charge is 0.127 e. The van der Waals surface area contributed by atoms with Crippen molar-refractivity contribution < 1.29 is 9.47 Å². The summed E-state index contributed by atoms with van der Waals surface area (Å²) in [6, 6.07) is 32.6. The van der Waals surface area contributed by atoms with E-state index in [2.05, 4.69) is 61.0 Å². The lowest BCUT2D eigenvalue weighted by atomic mass is 10.3. The van der Waals surface area contributed by atoms with Crippen LogP contribution in [0.15, 0.2) is 117 Å². The van der Waals surface area contributed by atoms with Gasteiger partial charge in [-0.05, 0) is 110 Å². The Morgan fingerprint density at radius 2 is 0.645 bits per heavy atom. The quantitative estimate of drug-likeness (QED) is 0.243. The van der Waals surface area contributed by atoms with Crippen molar-refractivity contribution in [3.8, 4) is 23.0 Å². The van der Waals surface area contributed by atoms with Crippen LogP contribution in [0.2, 0.25) is 0 Å². The summed E-state index contributed by atoms with van der Waals surface area (Å²) in [5, 5.41) is 0. The van der Waals surface area contributed by atoms with E-state index in [-0.39, 0.29) is 0 Å². The van der Waals surface area contributed by atoms with Gasteiger partial charge in [-0.1, -0.05) is 11.8 Å². The van der Waals surface area contributed by atoms with Crippen molar-refractivity contribution in [3.05, 3.63) is 97.1 Å². The molecular formula is C26H22O2S3. The average molecular weight is 463 g/mol. The van der Waals surface area contributed by atoms with E-state index in [4.69, 9.17) is 9.47 Å². The predicted molar refractivity (Wildman–Crippen MR) is 134 cm³/mol. The van der Waals surface area contributed by atoms with Crippen LogP contribution in [-0.2, 0) is 0 Å². The van der Waals surface area contributed by atoms with Crippen molar-refractivity contribution in [2.75, 3.05) is 12.5 Å². The first-order chi connectivity index (χ1) is 15.2. The van der Waals surface area contributed by atoms with E-state index in [1.807, 2.05) is 48.5 Å². The van der Waals surface area contributed by atoms with E-state index in [9.17, 15) is 0 Å². The van der Waals surface area contributed by atoms with E-state index in [1.165, 1.54) is 9.79 Å². The van der Waals surface area contributed by atoms with E-state index in [1.54, 1.807) is 35.3 Å². The van der Waals surface area contributed by atoms with Gasteiger partial charge in [-0.15, -0.1) is 23.5 Å². The molecule has 5 heteroatoms. The van der Waals surface area contributed by atoms with Crippen molar-refractivity contribution in [1.82, 2.24) is 0 Å². The van der Waals surface area contributed by atoms with Crippen LogP contribution < -0.4 is 9.47 Å². The van der Waals surface area contributed by atoms with Gasteiger partial charge in [0, 0.05) is 19.6 Å². The van der Waals surface area contributed by atoms with Gasteiger partial charge in [-0.25, -0.2) is 0 Å². The zero-order chi connectivity index (χ0) is 21.5. The van der Waals surface area contributed by atoms with Crippen LogP contribution in [0.1, 0.15) is 0 Å². The van der Waals surface area contributed by atoms with Crippen LogP contribution in [0.4, 0.5) is 0 Å². The van der Waals surface area contributed by atoms with Crippen LogP contribution in [0, 0.1) is 0 Å². The second kappa shape index (κ2) is 10.7. The van der Waals surface area contributed by atoms with Crippen molar-refractivity contribution >= 4 is 35.3 Å². The fourth-order valence-corrected chi connectivity index (χ4v) is 4.48. The summed E-state index contributed by atoms with van der Waals surface area (Å²) in [4.78, 5) is 4.77. The summed E-state index contributed by atoms with van der Waals surface area (Å²) in [5.41, 5.74) is 0. The van der Waals surface area contributed by atoms with E-state index in [0.29, 0.717) is 0 Å². The molecule has 0 saturated heterocycles. The molecule has 4 aromatic rings. The molecule has 0 saturated carbocycles. The molecule has 156 valence electrons. The van der Waals surface area contributed by atoms with Gasteiger partial charge in [0.25, 0.3) is 0 Å². The van der Waals surface area contributed by atoms with Crippen LogP contribution in [0.25, 0.3) is 0 Å². The minimum absolute atomic E-state index is 0.831. The lowest BCUT2D eigenvalue weighted by Gasteiger charge is -2.09. The van der Waals surface area contributed by atoms with E-state index < -0.39 is 0 Å². The summed E-state index contributed by atoms with van der Waals surface area (Å²) in [6.45, 7) is 0. The molecule has 0 spiro atoms. The first kappa shape index (κ1) is 21.8. The van der Waals surface area contributed by atoms with Crippen molar-refractivity contribution in [2.24, 2.45) is 0 Å². The molecule has 0 aliphatic carbocycles. The number of thioether (sulfide) groups is 2. The minimum atomic E-state index is 0.831. The summed E-state index contributed by atoms with van der Waals surface area (Å²) in [6.07, 6.45) is 4.13. The third-order valence-corrected chi connectivity index (χ3v) is 6.98. The Hall–Kier alpha value is -2.47. The zero-order valence-corrected chi connectivity index (χ0v) is 19.7. The number of rotatable bonds is 8. The minimum Gasteiger partial charge on any atom is -0.457 e. The Kier molecular flexibility index (Phi) is 7.52. The third kappa shape index (κ3) is 6.26. The molecule has 4 aromatic carbocycles. The fraction of sp³-hybridized carbons (Fsp3) is 0.0769. The topological polar surface area (TPSA) is 18.5 Å². The molecule has 0 unspecified atom stereocenters. The first-order valence-corrected chi connectivity index (χ1v) is 13.0.